The van der Waals surface area contributed by atoms with Gasteiger partial charge in [0.1, 0.15) is 12.0 Å². The first-order chi connectivity index (χ1) is 13.6. The summed E-state index contributed by atoms with van der Waals surface area (Å²) in [5.74, 6) is -1.62. The summed E-state index contributed by atoms with van der Waals surface area (Å²) in [5, 5.41) is 5.64. The molecule has 29 heavy (non-hydrogen) atoms. The Labute approximate surface area is 190 Å². The van der Waals surface area contributed by atoms with E-state index in [-0.39, 0.29) is 12.3 Å². The standard InChI is InChI=1S/C17H17Cl3N2O5S2/c1-9-7-29-15-17(26-2,21-11(23)6-10-4-3-5-28-10)14(25)22(15)12(9)13(24)27-8-16(18,19)20/h3-5,7,12,15H,6,8H2,1-2H3,(H,21,23)/t12?,15-,17?/m1/s1. The van der Waals surface area contributed by atoms with E-state index in [1.165, 1.54) is 35.1 Å². The van der Waals surface area contributed by atoms with Gasteiger partial charge in [-0.1, -0.05) is 40.9 Å². The van der Waals surface area contributed by atoms with Crippen LogP contribution in [0.3, 0.4) is 0 Å². The number of nitrogens with one attached hydrogen (secondary N) is 1. The predicted molar refractivity (Wildman–Crippen MR) is 113 cm³/mol. The summed E-state index contributed by atoms with van der Waals surface area (Å²) in [4.78, 5) is 40.2. The second kappa shape index (κ2) is 8.64. The number of carbonyl (C=O) groups excluding carboxylic acids is 3. The molecule has 1 N–H and O–H groups in total. The van der Waals surface area contributed by atoms with Crippen molar-refractivity contribution in [1.82, 2.24) is 10.2 Å². The number of carbonyl (C=O) groups is 3. The van der Waals surface area contributed by atoms with Crippen LogP contribution in [0, 0.1) is 0 Å². The maximum absolute atomic E-state index is 13.0. The maximum Gasteiger partial charge on any atom is 0.333 e. The highest BCUT2D eigenvalue weighted by molar-refractivity contribution is 8.03. The van der Waals surface area contributed by atoms with Crippen molar-refractivity contribution in [2.75, 3.05) is 13.7 Å². The fourth-order valence-electron chi connectivity index (χ4n) is 3.11. The molecule has 0 spiro atoms. The summed E-state index contributed by atoms with van der Waals surface area (Å²) in [5.41, 5.74) is -0.965. The van der Waals surface area contributed by atoms with Gasteiger partial charge in [-0.15, -0.1) is 23.1 Å². The minimum Gasteiger partial charge on any atom is -0.459 e. The zero-order valence-corrected chi connectivity index (χ0v) is 19.2. The molecule has 0 radical (unpaired) electrons. The quantitative estimate of drug-likeness (QED) is 0.280. The van der Waals surface area contributed by atoms with Gasteiger partial charge >= 0.3 is 5.97 Å². The van der Waals surface area contributed by atoms with Crippen LogP contribution in [0.1, 0.15) is 11.8 Å². The number of esters is 1. The molecule has 0 saturated carbocycles. The van der Waals surface area contributed by atoms with Crippen molar-refractivity contribution in [3.8, 4) is 0 Å². The van der Waals surface area contributed by atoms with E-state index in [9.17, 15) is 14.4 Å². The highest BCUT2D eigenvalue weighted by Crippen LogP contribution is 2.46. The molecular formula is C17H17Cl3N2O5S2. The molecule has 2 unspecified atom stereocenters. The highest BCUT2D eigenvalue weighted by Gasteiger charge is 2.67. The minimum atomic E-state index is -1.76. The number of halogens is 3. The lowest BCUT2D eigenvalue weighted by Crippen LogP contribution is -2.83. The summed E-state index contributed by atoms with van der Waals surface area (Å²) < 4.78 is 8.74. The van der Waals surface area contributed by atoms with Crippen LogP contribution < -0.4 is 5.32 Å². The van der Waals surface area contributed by atoms with Gasteiger partial charge in [-0.25, -0.2) is 4.79 Å². The van der Waals surface area contributed by atoms with Crippen molar-refractivity contribution in [3.05, 3.63) is 33.4 Å². The lowest BCUT2D eigenvalue weighted by molar-refractivity contribution is -0.202. The lowest BCUT2D eigenvalue weighted by atomic mass is 9.95. The Hall–Kier alpha value is -0.970. The topological polar surface area (TPSA) is 84.9 Å². The zero-order valence-electron chi connectivity index (χ0n) is 15.3. The largest absolute Gasteiger partial charge is 0.459 e. The van der Waals surface area contributed by atoms with Gasteiger partial charge in [0.25, 0.3) is 11.6 Å². The number of ether oxygens (including phenoxy) is 2. The average Bonchev–Trinajstić information content (AvgIpc) is 3.15. The molecular weight excluding hydrogens is 483 g/mol. The summed E-state index contributed by atoms with van der Waals surface area (Å²) in [7, 11) is 1.34. The predicted octanol–water partition coefficient (Wildman–Crippen LogP) is 2.85. The Balaban J connectivity index is 1.75. The summed E-state index contributed by atoms with van der Waals surface area (Å²) in [6, 6.07) is 2.68. The number of thiophene rings is 1. The van der Waals surface area contributed by atoms with Gasteiger partial charge in [-0.3, -0.25) is 9.59 Å². The van der Waals surface area contributed by atoms with E-state index in [2.05, 4.69) is 5.32 Å². The molecule has 3 rings (SSSR count). The van der Waals surface area contributed by atoms with Crippen LogP contribution in [-0.2, 0) is 30.3 Å². The average molecular weight is 500 g/mol. The third-order valence-electron chi connectivity index (χ3n) is 4.41. The van der Waals surface area contributed by atoms with E-state index in [1.807, 2.05) is 17.5 Å². The van der Waals surface area contributed by atoms with Crippen LogP contribution in [-0.4, -0.2) is 57.3 Å². The van der Waals surface area contributed by atoms with Crippen molar-refractivity contribution in [1.29, 1.82) is 0 Å². The molecule has 3 atom stereocenters. The molecule has 158 valence electrons. The number of hydrogen-bond donors (Lipinski definition) is 1. The van der Waals surface area contributed by atoms with E-state index in [0.29, 0.717) is 5.57 Å². The molecule has 3 heterocycles. The second-order valence-corrected chi connectivity index (χ2v) is 10.9. The summed E-state index contributed by atoms with van der Waals surface area (Å²) in [6.07, 6.45) is 0.122. The summed E-state index contributed by atoms with van der Waals surface area (Å²) in [6.45, 7) is 1.24. The molecule has 2 aliphatic rings. The number of amides is 2. The molecule has 1 fully saturated rings. The minimum absolute atomic E-state index is 0.122. The monoisotopic (exact) mass is 498 g/mol. The van der Waals surface area contributed by atoms with Crippen molar-refractivity contribution in [3.63, 3.8) is 0 Å². The fraction of sp³-hybridized carbons (Fsp3) is 0.471. The third kappa shape index (κ3) is 4.55. The number of thioether (sulfide) groups is 1. The van der Waals surface area contributed by atoms with Gasteiger partial charge in [0, 0.05) is 12.0 Å². The van der Waals surface area contributed by atoms with Crippen LogP contribution in [0.25, 0.3) is 0 Å². The summed E-state index contributed by atoms with van der Waals surface area (Å²) >= 11 is 19.6. The molecule has 0 bridgehead atoms. The second-order valence-electron chi connectivity index (χ2n) is 6.43. The first-order valence-corrected chi connectivity index (χ1v) is 11.3. The molecule has 0 aromatic carbocycles. The van der Waals surface area contributed by atoms with Crippen LogP contribution in [0.15, 0.2) is 28.5 Å². The SMILES string of the molecule is COC1(NC(=O)Cc2cccs2)C(=O)N2C(C(=O)OCC(Cl)(Cl)Cl)C(C)=CS[C@@H]21. The van der Waals surface area contributed by atoms with Crippen LogP contribution in [0.2, 0.25) is 0 Å². The van der Waals surface area contributed by atoms with Gasteiger partial charge < -0.3 is 19.7 Å². The lowest BCUT2D eigenvalue weighted by Gasteiger charge is -2.57. The Morgan fingerprint density at radius 1 is 1.38 bits per heavy atom. The smallest absolute Gasteiger partial charge is 0.333 e. The number of β-lactam (4-membered cyclic amide) rings is 1. The van der Waals surface area contributed by atoms with E-state index >= 15 is 0 Å². The zero-order chi connectivity index (χ0) is 21.4. The number of methoxy groups -OCH3 is 1. The molecule has 1 aromatic rings. The number of alkyl halides is 3. The molecule has 2 aliphatic heterocycles. The molecule has 2 amide bonds. The van der Waals surface area contributed by atoms with E-state index < -0.39 is 39.4 Å². The van der Waals surface area contributed by atoms with Gasteiger partial charge in [0.2, 0.25) is 9.70 Å². The molecule has 1 saturated heterocycles. The van der Waals surface area contributed by atoms with Crippen LogP contribution in [0.4, 0.5) is 0 Å². The Kier molecular flexibility index (Phi) is 6.77. The van der Waals surface area contributed by atoms with E-state index in [0.717, 1.165) is 4.88 Å². The first kappa shape index (κ1) is 22.7. The van der Waals surface area contributed by atoms with E-state index in [1.54, 1.807) is 12.3 Å². The third-order valence-corrected chi connectivity index (χ3v) is 6.94. The normalized spacial score (nSPS) is 26.3. The van der Waals surface area contributed by atoms with Crippen molar-refractivity contribution < 1.29 is 23.9 Å². The molecule has 0 aliphatic carbocycles. The molecule has 1 aromatic heterocycles. The van der Waals surface area contributed by atoms with Crippen molar-refractivity contribution in [2.45, 2.75) is 34.3 Å². The Bertz CT molecular complexity index is 843. The first-order valence-electron chi connectivity index (χ1n) is 8.36. The molecule has 7 nitrogen and oxygen atoms in total. The maximum atomic E-state index is 13.0. The van der Waals surface area contributed by atoms with Gasteiger partial charge in [0.05, 0.1) is 6.42 Å². The Morgan fingerprint density at radius 3 is 2.69 bits per heavy atom. The van der Waals surface area contributed by atoms with Gasteiger partial charge in [0.15, 0.2) is 6.04 Å². The molecule has 12 heteroatoms. The van der Waals surface area contributed by atoms with Gasteiger partial charge in [-0.05, 0) is 29.4 Å². The van der Waals surface area contributed by atoms with Crippen molar-refractivity contribution >= 4 is 75.7 Å². The number of hydrogen-bond acceptors (Lipinski definition) is 7. The van der Waals surface area contributed by atoms with E-state index in [4.69, 9.17) is 44.3 Å². The number of fused-ring (bicyclic) bond motifs is 1. The highest BCUT2D eigenvalue weighted by atomic mass is 35.6. The fourth-order valence-corrected chi connectivity index (χ4v) is 5.25. The Morgan fingerprint density at radius 2 is 2.10 bits per heavy atom. The van der Waals surface area contributed by atoms with Crippen molar-refractivity contribution in [2.24, 2.45) is 0 Å². The number of rotatable bonds is 6. The van der Waals surface area contributed by atoms with Crippen LogP contribution in [0.5, 0.6) is 0 Å². The van der Waals surface area contributed by atoms with Crippen LogP contribution >= 0.6 is 57.9 Å². The number of nitrogens with zero attached hydrogens (tertiary/aromatic N) is 1. The van der Waals surface area contributed by atoms with Gasteiger partial charge in [-0.2, -0.15) is 0 Å².